The Morgan fingerprint density at radius 3 is 2.56 bits per heavy atom. The van der Waals surface area contributed by atoms with E-state index < -0.39 is 6.10 Å². The summed E-state index contributed by atoms with van der Waals surface area (Å²) in [6.45, 7) is 1.72. The van der Waals surface area contributed by atoms with Crippen LogP contribution < -0.4 is 5.73 Å². The van der Waals surface area contributed by atoms with E-state index in [0.29, 0.717) is 6.42 Å². The fourth-order valence-corrected chi connectivity index (χ4v) is 4.59. The van der Waals surface area contributed by atoms with E-state index >= 15 is 0 Å². The SMILES string of the molecule is C.Cn1cccc1C(=O)C1CCN(C2Cc3cccc(N)c3CC2O)CC1. The lowest BCUT2D eigenvalue weighted by Gasteiger charge is -2.42. The first kappa shape index (κ1) is 19.6. The minimum atomic E-state index is -0.396. The van der Waals surface area contributed by atoms with Gasteiger partial charge in [-0.25, -0.2) is 0 Å². The van der Waals surface area contributed by atoms with Crippen molar-refractivity contribution in [3.05, 3.63) is 53.3 Å². The van der Waals surface area contributed by atoms with Gasteiger partial charge in [0.05, 0.1) is 11.8 Å². The molecule has 5 heteroatoms. The lowest BCUT2D eigenvalue weighted by Crippen LogP contribution is -2.51. The molecule has 0 amide bonds. The summed E-state index contributed by atoms with van der Waals surface area (Å²) in [5.74, 6) is 0.336. The minimum Gasteiger partial charge on any atom is -0.398 e. The molecule has 1 aromatic carbocycles. The van der Waals surface area contributed by atoms with Crippen molar-refractivity contribution in [2.45, 2.75) is 45.3 Å². The van der Waals surface area contributed by atoms with Crippen LogP contribution >= 0.6 is 0 Å². The molecule has 27 heavy (non-hydrogen) atoms. The summed E-state index contributed by atoms with van der Waals surface area (Å²) in [5.41, 5.74) is 10.0. The van der Waals surface area contributed by atoms with Gasteiger partial charge in [-0.2, -0.15) is 0 Å². The molecule has 1 aromatic heterocycles. The zero-order chi connectivity index (χ0) is 18.3. The smallest absolute Gasteiger partial charge is 0.182 e. The number of hydrogen-bond donors (Lipinski definition) is 2. The Kier molecular flexibility index (Phi) is 5.72. The second kappa shape index (κ2) is 7.87. The van der Waals surface area contributed by atoms with Crippen LogP contribution in [0.2, 0.25) is 0 Å². The average molecular weight is 370 g/mol. The van der Waals surface area contributed by atoms with Gasteiger partial charge in [-0.1, -0.05) is 19.6 Å². The summed E-state index contributed by atoms with van der Waals surface area (Å²) in [4.78, 5) is 15.1. The second-order valence-corrected chi connectivity index (χ2v) is 7.71. The molecule has 2 heterocycles. The molecule has 0 bridgehead atoms. The van der Waals surface area contributed by atoms with E-state index in [1.807, 2.05) is 42.1 Å². The number of rotatable bonds is 3. The van der Waals surface area contributed by atoms with Crippen LogP contribution in [0.25, 0.3) is 0 Å². The summed E-state index contributed by atoms with van der Waals surface area (Å²) in [5, 5.41) is 10.7. The van der Waals surface area contributed by atoms with Crippen molar-refractivity contribution in [2.24, 2.45) is 13.0 Å². The molecule has 2 unspecified atom stereocenters. The van der Waals surface area contributed by atoms with Crippen LogP contribution in [0.15, 0.2) is 36.5 Å². The van der Waals surface area contributed by atoms with E-state index in [-0.39, 0.29) is 25.2 Å². The number of fused-ring (bicyclic) bond motifs is 1. The Hall–Kier alpha value is -2.11. The zero-order valence-corrected chi connectivity index (χ0v) is 15.3. The van der Waals surface area contributed by atoms with Gasteiger partial charge in [0.25, 0.3) is 0 Å². The van der Waals surface area contributed by atoms with Gasteiger partial charge in [0.2, 0.25) is 0 Å². The number of benzene rings is 1. The highest BCUT2D eigenvalue weighted by Gasteiger charge is 2.35. The predicted octanol–water partition coefficient (Wildman–Crippen LogP) is 2.67. The summed E-state index contributed by atoms with van der Waals surface area (Å²) >= 11 is 0. The molecule has 2 aromatic rings. The molecule has 0 radical (unpaired) electrons. The number of anilines is 1. The number of piperidine rings is 1. The number of aliphatic hydroxyl groups is 1. The van der Waals surface area contributed by atoms with Crippen molar-refractivity contribution in [2.75, 3.05) is 18.8 Å². The highest BCUT2D eigenvalue weighted by atomic mass is 16.3. The second-order valence-electron chi connectivity index (χ2n) is 7.71. The third kappa shape index (κ3) is 3.66. The van der Waals surface area contributed by atoms with Crippen molar-refractivity contribution in [1.82, 2.24) is 9.47 Å². The summed E-state index contributed by atoms with van der Waals surface area (Å²) in [7, 11) is 1.92. The maximum absolute atomic E-state index is 12.7. The van der Waals surface area contributed by atoms with Crippen molar-refractivity contribution in [1.29, 1.82) is 0 Å². The van der Waals surface area contributed by atoms with Crippen LogP contribution in [0, 0.1) is 5.92 Å². The van der Waals surface area contributed by atoms with Crippen LogP contribution in [-0.4, -0.2) is 45.6 Å². The molecule has 0 saturated carbocycles. The Morgan fingerprint density at radius 1 is 1.15 bits per heavy atom. The monoisotopic (exact) mass is 369 g/mol. The lowest BCUT2D eigenvalue weighted by atomic mass is 9.82. The van der Waals surface area contributed by atoms with Crippen molar-refractivity contribution in [3.63, 3.8) is 0 Å². The first-order valence-electron chi connectivity index (χ1n) is 9.48. The first-order valence-corrected chi connectivity index (χ1v) is 9.48. The van der Waals surface area contributed by atoms with Crippen molar-refractivity contribution >= 4 is 11.5 Å². The van der Waals surface area contributed by atoms with Gasteiger partial charge in [0.1, 0.15) is 0 Å². The third-order valence-corrected chi connectivity index (χ3v) is 6.16. The number of aryl methyl sites for hydroxylation is 1. The van der Waals surface area contributed by atoms with Gasteiger partial charge < -0.3 is 15.4 Å². The molecule has 3 N–H and O–H groups in total. The lowest BCUT2D eigenvalue weighted by molar-refractivity contribution is 0.0239. The van der Waals surface area contributed by atoms with E-state index in [1.165, 1.54) is 5.56 Å². The summed E-state index contributed by atoms with van der Waals surface area (Å²) in [6.07, 6.45) is 4.69. The van der Waals surface area contributed by atoms with Crippen LogP contribution in [0.3, 0.4) is 0 Å². The van der Waals surface area contributed by atoms with Gasteiger partial charge in [0.15, 0.2) is 5.78 Å². The van der Waals surface area contributed by atoms with E-state index in [9.17, 15) is 9.90 Å². The van der Waals surface area contributed by atoms with Crippen LogP contribution in [-0.2, 0) is 19.9 Å². The number of hydrogen-bond acceptors (Lipinski definition) is 4. The summed E-state index contributed by atoms with van der Waals surface area (Å²) in [6, 6.07) is 9.97. The fourth-order valence-electron chi connectivity index (χ4n) is 4.59. The Bertz CT molecular complexity index is 806. The normalized spacial score (nSPS) is 23.5. The van der Waals surface area contributed by atoms with Crippen molar-refractivity contribution in [3.8, 4) is 0 Å². The number of aliphatic hydroxyl groups excluding tert-OH is 1. The number of nitrogens with two attached hydrogens (primary N) is 1. The highest BCUT2D eigenvalue weighted by Crippen LogP contribution is 2.31. The number of aromatic nitrogens is 1. The number of Topliss-reactive ketones (excluding diaryl/α,β-unsaturated/α-hetero) is 1. The number of carbonyl (C=O) groups excluding carboxylic acids is 1. The Morgan fingerprint density at radius 2 is 1.89 bits per heavy atom. The molecule has 5 nitrogen and oxygen atoms in total. The molecule has 1 aliphatic carbocycles. The van der Waals surface area contributed by atoms with Crippen molar-refractivity contribution < 1.29 is 9.90 Å². The van der Waals surface area contributed by atoms with Crippen LogP contribution in [0.5, 0.6) is 0 Å². The average Bonchev–Trinajstić information content (AvgIpc) is 3.08. The molecule has 0 spiro atoms. The number of carbonyl (C=O) groups is 1. The molecule has 146 valence electrons. The molecule has 2 aliphatic rings. The zero-order valence-electron chi connectivity index (χ0n) is 15.3. The maximum atomic E-state index is 12.7. The highest BCUT2D eigenvalue weighted by molar-refractivity contribution is 5.96. The fraction of sp³-hybridized carbons (Fsp3) is 0.500. The van der Waals surface area contributed by atoms with E-state index in [4.69, 9.17) is 5.73 Å². The van der Waals surface area contributed by atoms with Gasteiger partial charge >= 0.3 is 0 Å². The molecular weight excluding hydrogens is 338 g/mol. The quantitative estimate of drug-likeness (QED) is 0.645. The number of nitrogens with zero attached hydrogens (tertiary/aromatic N) is 2. The summed E-state index contributed by atoms with van der Waals surface area (Å²) < 4.78 is 1.90. The standard InChI is InChI=1S/C21H27N3O2.CH4/c1-23-9-3-6-18(23)21(26)14-7-10-24(11-8-14)19-12-15-4-2-5-17(22)16(15)13-20(19)25;/h2-6,9,14,19-20,25H,7-8,10-13,22H2,1H3;1H4. The molecule has 1 fully saturated rings. The Balaban J connectivity index is 0.00000210. The maximum Gasteiger partial charge on any atom is 0.182 e. The van der Waals surface area contributed by atoms with Gasteiger partial charge in [-0.3, -0.25) is 9.69 Å². The van der Waals surface area contributed by atoms with Gasteiger partial charge in [0, 0.05) is 37.3 Å². The molecule has 2 atom stereocenters. The molecular formula is C22H31N3O2. The largest absolute Gasteiger partial charge is 0.398 e. The molecule has 1 saturated heterocycles. The first-order chi connectivity index (χ1) is 12.5. The van der Waals surface area contributed by atoms with Gasteiger partial charge in [-0.15, -0.1) is 0 Å². The number of likely N-dealkylation sites (tertiary alicyclic amines) is 1. The van der Waals surface area contributed by atoms with Crippen LogP contribution in [0.1, 0.15) is 41.9 Å². The van der Waals surface area contributed by atoms with E-state index in [2.05, 4.69) is 11.0 Å². The molecule has 4 rings (SSSR count). The van der Waals surface area contributed by atoms with Crippen LogP contribution in [0.4, 0.5) is 5.69 Å². The minimum absolute atomic E-state index is 0. The Labute approximate surface area is 161 Å². The third-order valence-electron chi connectivity index (χ3n) is 6.16. The number of ketones is 1. The topological polar surface area (TPSA) is 71.5 Å². The van der Waals surface area contributed by atoms with Gasteiger partial charge in [-0.05, 0) is 61.7 Å². The number of nitrogen functional groups attached to an aromatic ring is 1. The predicted molar refractivity (Wildman–Crippen MR) is 109 cm³/mol. The van der Waals surface area contributed by atoms with E-state index in [1.54, 1.807) is 0 Å². The molecule has 1 aliphatic heterocycles. The van der Waals surface area contributed by atoms with E-state index in [0.717, 1.165) is 49.3 Å².